The number of ether oxygens (including phenoxy) is 1. The number of carbonyl (C=O) groups is 1. The molecule has 3 heterocycles. The molecular weight excluding hydrogens is 378 g/mol. The highest BCUT2D eigenvalue weighted by atomic mass is 19.2. The maximum Gasteiger partial charge on any atom is 0.316 e. The SMILES string of the molecule is COc1ncc(C(=O)N2CC[C@]3(CCCN(Cc4ccc(F)c(F)c4)C3)C2)cn1. The lowest BCUT2D eigenvalue weighted by Crippen LogP contribution is -2.45. The van der Waals surface area contributed by atoms with Gasteiger partial charge >= 0.3 is 6.01 Å². The molecule has 1 atom stereocenters. The van der Waals surface area contributed by atoms with Gasteiger partial charge in [0.1, 0.15) is 0 Å². The molecule has 0 saturated carbocycles. The molecule has 2 aliphatic heterocycles. The van der Waals surface area contributed by atoms with E-state index in [1.54, 1.807) is 6.07 Å². The van der Waals surface area contributed by atoms with E-state index in [1.807, 2.05) is 4.90 Å². The zero-order chi connectivity index (χ0) is 20.4. The summed E-state index contributed by atoms with van der Waals surface area (Å²) in [5.74, 6) is -1.70. The van der Waals surface area contributed by atoms with Crippen molar-refractivity contribution in [3.8, 4) is 6.01 Å². The van der Waals surface area contributed by atoms with Crippen molar-refractivity contribution in [3.63, 3.8) is 0 Å². The molecule has 8 heteroatoms. The number of methoxy groups -OCH3 is 1. The fourth-order valence-corrected chi connectivity index (χ4v) is 4.50. The topological polar surface area (TPSA) is 58.6 Å². The highest BCUT2D eigenvalue weighted by Gasteiger charge is 2.42. The minimum atomic E-state index is -0.823. The van der Waals surface area contributed by atoms with E-state index in [0.29, 0.717) is 25.2 Å². The molecule has 154 valence electrons. The molecule has 0 unspecified atom stereocenters. The molecule has 29 heavy (non-hydrogen) atoms. The Kier molecular flexibility index (Phi) is 5.45. The molecule has 1 amide bonds. The van der Waals surface area contributed by atoms with Gasteiger partial charge in [-0.15, -0.1) is 0 Å². The number of amides is 1. The van der Waals surface area contributed by atoms with Crippen molar-refractivity contribution in [2.75, 3.05) is 33.3 Å². The lowest BCUT2D eigenvalue weighted by molar-refractivity contribution is 0.0674. The number of nitrogens with zero attached hydrogens (tertiary/aromatic N) is 4. The van der Waals surface area contributed by atoms with Crippen LogP contribution < -0.4 is 4.74 Å². The molecule has 0 aliphatic carbocycles. The molecule has 0 bridgehead atoms. The zero-order valence-electron chi connectivity index (χ0n) is 16.4. The number of benzene rings is 1. The first-order valence-electron chi connectivity index (χ1n) is 9.80. The summed E-state index contributed by atoms with van der Waals surface area (Å²) >= 11 is 0. The highest BCUT2D eigenvalue weighted by molar-refractivity contribution is 5.93. The van der Waals surface area contributed by atoms with E-state index in [-0.39, 0.29) is 17.3 Å². The number of halogens is 2. The van der Waals surface area contributed by atoms with E-state index in [9.17, 15) is 13.6 Å². The van der Waals surface area contributed by atoms with Crippen molar-refractivity contribution in [3.05, 3.63) is 53.4 Å². The Morgan fingerprint density at radius 1 is 1.14 bits per heavy atom. The molecule has 0 N–H and O–H groups in total. The minimum Gasteiger partial charge on any atom is -0.467 e. The van der Waals surface area contributed by atoms with Crippen LogP contribution in [0.5, 0.6) is 6.01 Å². The van der Waals surface area contributed by atoms with Crippen molar-refractivity contribution in [2.45, 2.75) is 25.8 Å². The van der Waals surface area contributed by atoms with Crippen molar-refractivity contribution >= 4 is 5.91 Å². The van der Waals surface area contributed by atoms with Gasteiger partial charge in [0.05, 0.1) is 12.7 Å². The number of piperidine rings is 1. The third kappa shape index (κ3) is 4.22. The van der Waals surface area contributed by atoms with Crippen molar-refractivity contribution in [1.82, 2.24) is 19.8 Å². The van der Waals surface area contributed by atoms with Crippen molar-refractivity contribution < 1.29 is 18.3 Å². The second kappa shape index (κ2) is 8.02. The summed E-state index contributed by atoms with van der Waals surface area (Å²) in [5, 5.41) is 0. The van der Waals surface area contributed by atoms with Crippen LogP contribution in [0.15, 0.2) is 30.6 Å². The van der Waals surface area contributed by atoms with Gasteiger partial charge in [-0.1, -0.05) is 6.07 Å². The third-order valence-corrected chi connectivity index (χ3v) is 5.91. The second-order valence-electron chi connectivity index (χ2n) is 8.00. The summed E-state index contributed by atoms with van der Waals surface area (Å²) in [6, 6.07) is 4.31. The van der Waals surface area contributed by atoms with Gasteiger partial charge in [0.2, 0.25) is 0 Å². The van der Waals surface area contributed by atoms with Gasteiger partial charge in [0.25, 0.3) is 5.91 Å². The van der Waals surface area contributed by atoms with E-state index in [2.05, 4.69) is 14.9 Å². The summed E-state index contributed by atoms with van der Waals surface area (Å²) in [4.78, 5) is 25.0. The van der Waals surface area contributed by atoms with Gasteiger partial charge in [0, 0.05) is 44.0 Å². The predicted octanol–water partition coefficient (Wildman–Crippen LogP) is 2.89. The monoisotopic (exact) mass is 402 g/mol. The van der Waals surface area contributed by atoms with Crippen LogP contribution >= 0.6 is 0 Å². The summed E-state index contributed by atoms with van der Waals surface area (Å²) in [7, 11) is 1.48. The smallest absolute Gasteiger partial charge is 0.316 e. The van der Waals surface area contributed by atoms with E-state index < -0.39 is 11.6 Å². The van der Waals surface area contributed by atoms with E-state index >= 15 is 0 Å². The number of aromatic nitrogens is 2. The van der Waals surface area contributed by atoms with Crippen molar-refractivity contribution in [1.29, 1.82) is 0 Å². The van der Waals surface area contributed by atoms with E-state index in [1.165, 1.54) is 31.6 Å². The van der Waals surface area contributed by atoms with Gasteiger partial charge in [-0.3, -0.25) is 9.69 Å². The molecule has 2 saturated heterocycles. The van der Waals surface area contributed by atoms with Gasteiger partial charge in [-0.05, 0) is 43.5 Å². The molecule has 1 aromatic carbocycles. The van der Waals surface area contributed by atoms with Crippen LogP contribution in [0.25, 0.3) is 0 Å². The second-order valence-corrected chi connectivity index (χ2v) is 8.00. The Balaban J connectivity index is 1.40. The minimum absolute atomic E-state index is 0.0415. The van der Waals surface area contributed by atoms with Crippen molar-refractivity contribution in [2.24, 2.45) is 5.41 Å². The maximum atomic E-state index is 13.5. The van der Waals surface area contributed by atoms with Crippen LogP contribution in [-0.2, 0) is 6.54 Å². The first-order chi connectivity index (χ1) is 14.0. The van der Waals surface area contributed by atoms with Crippen LogP contribution in [0.1, 0.15) is 35.2 Å². The molecule has 1 aromatic heterocycles. The average molecular weight is 402 g/mol. The predicted molar refractivity (Wildman–Crippen MR) is 102 cm³/mol. The third-order valence-electron chi connectivity index (χ3n) is 5.91. The Morgan fingerprint density at radius 3 is 2.66 bits per heavy atom. The fourth-order valence-electron chi connectivity index (χ4n) is 4.50. The molecule has 6 nitrogen and oxygen atoms in total. The Hall–Kier alpha value is -2.61. The lowest BCUT2D eigenvalue weighted by Gasteiger charge is -2.40. The average Bonchev–Trinajstić information content (AvgIpc) is 3.13. The molecule has 2 aromatic rings. The summed E-state index contributed by atoms with van der Waals surface area (Å²) < 4.78 is 31.6. The molecular formula is C21H24F2N4O2. The number of hydrogen-bond acceptors (Lipinski definition) is 5. The van der Waals surface area contributed by atoms with Crippen LogP contribution in [0.2, 0.25) is 0 Å². The number of likely N-dealkylation sites (tertiary alicyclic amines) is 2. The summed E-state index contributed by atoms with van der Waals surface area (Å²) in [6.45, 7) is 3.73. The fraction of sp³-hybridized carbons (Fsp3) is 0.476. The summed E-state index contributed by atoms with van der Waals surface area (Å²) in [6.07, 6.45) is 6.01. The number of rotatable bonds is 4. The van der Waals surface area contributed by atoms with Crippen LogP contribution in [0.3, 0.4) is 0 Å². The van der Waals surface area contributed by atoms with Crippen LogP contribution in [-0.4, -0.2) is 59.0 Å². The molecule has 0 radical (unpaired) electrons. The molecule has 2 fully saturated rings. The van der Waals surface area contributed by atoms with E-state index in [4.69, 9.17) is 4.74 Å². The number of hydrogen-bond donors (Lipinski definition) is 0. The first kappa shape index (κ1) is 19.7. The van der Waals surface area contributed by atoms with Crippen LogP contribution in [0.4, 0.5) is 8.78 Å². The maximum absolute atomic E-state index is 13.5. The standard InChI is InChI=1S/C21H24F2N4O2/c1-29-20-24-10-16(11-25-20)19(28)27-8-6-21(14-27)5-2-7-26(13-21)12-15-3-4-17(22)18(23)9-15/h3-4,9-11H,2,5-8,12-14H2,1H3/t21-/m0/s1. The Labute approximate surface area is 168 Å². The van der Waals surface area contributed by atoms with Gasteiger partial charge in [0.15, 0.2) is 11.6 Å². The zero-order valence-corrected chi connectivity index (χ0v) is 16.4. The van der Waals surface area contributed by atoms with Gasteiger partial charge in [-0.2, -0.15) is 0 Å². The Morgan fingerprint density at radius 2 is 1.93 bits per heavy atom. The Bertz CT molecular complexity index is 893. The van der Waals surface area contributed by atoms with Gasteiger partial charge in [-0.25, -0.2) is 18.7 Å². The molecule has 2 aliphatic rings. The van der Waals surface area contributed by atoms with E-state index in [0.717, 1.165) is 37.9 Å². The lowest BCUT2D eigenvalue weighted by atomic mass is 9.79. The summed E-state index contributed by atoms with van der Waals surface area (Å²) in [5.41, 5.74) is 1.26. The number of carbonyl (C=O) groups excluding carboxylic acids is 1. The van der Waals surface area contributed by atoms with Crippen LogP contribution in [0, 0.1) is 17.0 Å². The van der Waals surface area contributed by atoms with Gasteiger partial charge < -0.3 is 9.64 Å². The largest absolute Gasteiger partial charge is 0.467 e. The molecule has 1 spiro atoms. The highest BCUT2D eigenvalue weighted by Crippen LogP contribution is 2.39. The molecule has 4 rings (SSSR count). The first-order valence-corrected chi connectivity index (χ1v) is 9.80. The normalized spacial score (nSPS) is 22.2. The quantitative estimate of drug-likeness (QED) is 0.787.